The van der Waals surface area contributed by atoms with Gasteiger partial charge in [-0.05, 0) is 53.9 Å². The maximum Gasteiger partial charge on any atom is 0.123 e. The lowest BCUT2D eigenvalue weighted by Gasteiger charge is -2.35. The van der Waals surface area contributed by atoms with Gasteiger partial charge in [0.05, 0.1) is 12.5 Å². The molecule has 23 heavy (non-hydrogen) atoms. The fraction of sp³-hybridized carbons (Fsp3) is 0.550. The van der Waals surface area contributed by atoms with Crippen molar-refractivity contribution in [3.8, 4) is 6.07 Å². The highest BCUT2D eigenvalue weighted by Crippen LogP contribution is 2.31. The molecule has 124 valence electrons. The summed E-state index contributed by atoms with van der Waals surface area (Å²) in [5.74, 6) is 0.467. The summed E-state index contributed by atoms with van der Waals surface area (Å²) in [7, 11) is 0. The molecule has 0 spiro atoms. The van der Waals surface area contributed by atoms with Crippen LogP contribution in [-0.4, -0.2) is 18.0 Å². The van der Waals surface area contributed by atoms with Crippen LogP contribution in [0, 0.1) is 23.1 Å². The van der Waals surface area contributed by atoms with E-state index in [4.69, 9.17) is 5.26 Å². The Morgan fingerprint density at radius 3 is 2.57 bits per heavy atom. The molecule has 1 aromatic carbocycles. The number of likely N-dealkylation sites (tertiary alicyclic amines) is 1. The molecule has 1 saturated heterocycles. The van der Waals surface area contributed by atoms with Crippen molar-refractivity contribution in [2.45, 2.75) is 51.9 Å². The maximum absolute atomic E-state index is 13.6. The van der Waals surface area contributed by atoms with Crippen LogP contribution in [0.15, 0.2) is 30.5 Å². The van der Waals surface area contributed by atoms with Gasteiger partial charge in [-0.15, -0.1) is 0 Å². The third-order valence-corrected chi connectivity index (χ3v) is 4.73. The van der Waals surface area contributed by atoms with Gasteiger partial charge in [0.2, 0.25) is 0 Å². The van der Waals surface area contributed by atoms with Crippen LogP contribution >= 0.6 is 0 Å². The van der Waals surface area contributed by atoms with Crippen LogP contribution in [0.3, 0.4) is 0 Å². The predicted octanol–water partition coefficient (Wildman–Crippen LogP) is 4.81. The number of hydrogen-bond acceptors (Lipinski definition) is 2. The summed E-state index contributed by atoms with van der Waals surface area (Å²) in [4.78, 5) is 2.23. The maximum atomic E-state index is 13.6. The zero-order chi connectivity index (χ0) is 17.0. The zero-order valence-electron chi connectivity index (χ0n) is 14.5. The summed E-state index contributed by atoms with van der Waals surface area (Å²) < 4.78 is 13.6. The van der Waals surface area contributed by atoms with E-state index in [9.17, 15) is 4.39 Å². The summed E-state index contributed by atoms with van der Waals surface area (Å²) >= 11 is 0. The first kappa shape index (κ1) is 17.5. The quantitative estimate of drug-likeness (QED) is 0.798. The zero-order valence-corrected chi connectivity index (χ0v) is 14.5. The molecule has 2 nitrogen and oxygen atoms in total. The number of halogens is 1. The minimum atomic E-state index is -0.152. The van der Waals surface area contributed by atoms with Gasteiger partial charge >= 0.3 is 0 Å². The molecule has 3 heteroatoms. The molecule has 2 rings (SSSR count). The van der Waals surface area contributed by atoms with Crippen molar-refractivity contribution in [2.24, 2.45) is 5.92 Å². The topological polar surface area (TPSA) is 27.0 Å². The first-order valence-corrected chi connectivity index (χ1v) is 8.40. The molecular formula is C20H27FN2. The van der Waals surface area contributed by atoms with Gasteiger partial charge in [0, 0.05) is 18.8 Å². The number of piperidine rings is 1. The minimum absolute atomic E-state index is 0.0424. The Morgan fingerprint density at radius 1 is 1.35 bits per heavy atom. The van der Waals surface area contributed by atoms with Crippen LogP contribution < -0.4 is 0 Å². The first-order valence-electron chi connectivity index (χ1n) is 8.40. The molecule has 1 aliphatic rings. The molecule has 1 aromatic rings. The van der Waals surface area contributed by atoms with Crippen LogP contribution in [0.25, 0.3) is 0 Å². The fourth-order valence-electron chi connectivity index (χ4n) is 3.39. The number of rotatable bonds is 4. The number of nitrogens with zero attached hydrogens (tertiary/aromatic N) is 2. The van der Waals surface area contributed by atoms with Crippen molar-refractivity contribution in [2.75, 3.05) is 13.1 Å². The Kier molecular flexibility index (Phi) is 5.46. The highest BCUT2D eigenvalue weighted by molar-refractivity contribution is 5.34. The van der Waals surface area contributed by atoms with Gasteiger partial charge in [-0.1, -0.05) is 33.4 Å². The Hall–Kier alpha value is -1.82. The molecule has 0 radical (unpaired) electrons. The molecule has 0 bridgehead atoms. The van der Waals surface area contributed by atoms with E-state index in [1.54, 1.807) is 12.1 Å². The van der Waals surface area contributed by atoms with E-state index in [1.807, 2.05) is 6.07 Å². The minimum Gasteiger partial charge on any atom is -0.374 e. The summed E-state index contributed by atoms with van der Waals surface area (Å²) in [6.45, 7) is 12.3. The van der Waals surface area contributed by atoms with Gasteiger partial charge in [0.1, 0.15) is 5.82 Å². The summed E-state index contributed by atoms with van der Waals surface area (Å²) in [5, 5.41) is 8.78. The largest absolute Gasteiger partial charge is 0.374 e. The summed E-state index contributed by atoms with van der Waals surface area (Å²) in [6, 6.07) is 7.40. The van der Waals surface area contributed by atoms with Crippen LogP contribution in [0.4, 0.5) is 4.39 Å². The molecule has 0 aliphatic carbocycles. The van der Waals surface area contributed by atoms with Crippen molar-refractivity contribution < 1.29 is 4.39 Å². The van der Waals surface area contributed by atoms with Gasteiger partial charge in [-0.3, -0.25) is 0 Å². The molecule has 1 fully saturated rings. The van der Waals surface area contributed by atoms with Crippen LogP contribution in [0.2, 0.25) is 0 Å². The van der Waals surface area contributed by atoms with E-state index in [0.717, 1.165) is 43.6 Å². The summed E-state index contributed by atoms with van der Waals surface area (Å²) in [6.07, 6.45) is 3.62. The molecule has 1 heterocycles. The molecule has 0 unspecified atom stereocenters. The lowest BCUT2D eigenvalue weighted by atomic mass is 9.80. The lowest BCUT2D eigenvalue weighted by Crippen LogP contribution is -2.33. The van der Waals surface area contributed by atoms with Gasteiger partial charge in [0.25, 0.3) is 0 Å². The average molecular weight is 314 g/mol. The van der Waals surface area contributed by atoms with Crippen LogP contribution in [0.5, 0.6) is 0 Å². The molecule has 0 amide bonds. The second-order valence-corrected chi connectivity index (χ2v) is 7.59. The smallest absolute Gasteiger partial charge is 0.123 e. The predicted molar refractivity (Wildman–Crippen MR) is 92.5 cm³/mol. The fourth-order valence-corrected chi connectivity index (χ4v) is 3.39. The molecule has 1 aliphatic heterocycles. The lowest BCUT2D eigenvalue weighted by molar-refractivity contribution is 0.223. The number of benzene rings is 1. The van der Waals surface area contributed by atoms with E-state index in [0.29, 0.717) is 12.3 Å². The van der Waals surface area contributed by atoms with Gasteiger partial charge in [0.15, 0.2) is 0 Å². The molecule has 0 saturated carbocycles. The second kappa shape index (κ2) is 7.17. The number of nitriles is 1. The van der Waals surface area contributed by atoms with Gasteiger partial charge in [-0.25, -0.2) is 4.39 Å². The first-order chi connectivity index (χ1) is 10.8. The SMILES string of the molecule is C=C(CC#N)N1CCC(Cc2ccc(F)cc2C(C)(C)C)CC1. The highest BCUT2D eigenvalue weighted by Gasteiger charge is 2.24. The third-order valence-electron chi connectivity index (χ3n) is 4.73. The molecular weight excluding hydrogens is 287 g/mol. The van der Waals surface area contributed by atoms with Crippen molar-refractivity contribution in [1.29, 1.82) is 5.26 Å². The average Bonchev–Trinajstić information content (AvgIpc) is 2.49. The number of allylic oxidation sites excluding steroid dienone is 1. The highest BCUT2D eigenvalue weighted by atomic mass is 19.1. The van der Waals surface area contributed by atoms with Crippen LogP contribution in [0.1, 0.15) is 51.2 Å². The van der Waals surface area contributed by atoms with Gasteiger partial charge < -0.3 is 4.90 Å². The van der Waals surface area contributed by atoms with E-state index < -0.39 is 0 Å². The van der Waals surface area contributed by atoms with Crippen LogP contribution in [-0.2, 0) is 11.8 Å². The summed E-state index contributed by atoms with van der Waals surface area (Å²) in [5.41, 5.74) is 3.28. The normalized spacial score (nSPS) is 16.2. The third kappa shape index (κ3) is 4.58. The second-order valence-electron chi connectivity index (χ2n) is 7.59. The van der Waals surface area contributed by atoms with Crippen molar-refractivity contribution in [3.63, 3.8) is 0 Å². The number of hydrogen-bond donors (Lipinski definition) is 0. The Bertz CT molecular complexity index is 599. The molecule has 0 aromatic heterocycles. The molecule has 0 N–H and O–H groups in total. The van der Waals surface area contributed by atoms with Gasteiger partial charge in [-0.2, -0.15) is 5.26 Å². The van der Waals surface area contributed by atoms with E-state index in [1.165, 1.54) is 5.56 Å². The Morgan fingerprint density at radius 2 is 2.00 bits per heavy atom. The molecule has 0 atom stereocenters. The van der Waals surface area contributed by atoms with E-state index >= 15 is 0 Å². The van der Waals surface area contributed by atoms with Crippen molar-refractivity contribution in [1.82, 2.24) is 4.90 Å². The van der Waals surface area contributed by atoms with E-state index in [-0.39, 0.29) is 11.2 Å². The van der Waals surface area contributed by atoms with Crippen molar-refractivity contribution >= 4 is 0 Å². The van der Waals surface area contributed by atoms with Crippen molar-refractivity contribution in [3.05, 3.63) is 47.4 Å². The Labute approximate surface area is 139 Å². The van der Waals surface area contributed by atoms with E-state index in [2.05, 4.69) is 38.3 Å². The monoisotopic (exact) mass is 314 g/mol. The standard InChI is InChI=1S/C20H27FN2/c1-15(7-10-22)23-11-8-16(9-12-23)13-17-5-6-18(21)14-19(17)20(2,3)4/h5-6,14,16H,1,7-9,11-13H2,2-4H3. The Balaban J connectivity index is 2.02.